The van der Waals surface area contributed by atoms with Gasteiger partial charge in [-0.15, -0.1) is 0 Å². The average molecular weight is 356 g/mol. The number of fused-ring (bicyclic) bond motifs is 1. The summed E-state index contributed by atoms with van der Waals surface area (Å²) >= 11 is 0. The SMILES string of the molecule is Cc1ccc(C)c(S(=O)(=O)NCCNc2ncnc3ccccc23)c1. The molecule has 2 aromatic carbocycles. The molecule has 25 heavy (non-hydrogen) atoms. The molecular formula is C18H20N4O2S. The predicted octanol–water partition coefficient (Wildman–Crippen LogP) is 2.64. The van der Waals surface area contributed by atoms with Crippen LogP contribution in [0, 0.1) is 13.8 Å². The summed E-state index contributed by atoms with van der Waals surface area (Å²) in [5, 5.41) is 4.06. The van der Waals surface area contributed by atoms with Gasteiger partial charge in [0.2, 0.25) is 10.0 Å². The highest BCUT2D eigenvalue weighted by atomic mass is 32.2. The summed E-state index contributed by atoms with van der Waals surface area (Å²) in [4.78, 5) is 8.75. The number of aryl methyl sites for hydroxylation is 2. The third-order valence-electron chi connectivity index (χ3n) is 3.89. The quantitative estimate of drug-likeness (QED) is 0.663. The Morgan fingerprint density at radius 3 is 2.64 bits per heavy atom. The van der Waals surface area contributed by atoms with Gasteiger partial charge in [0.15, 0.2) is 0 Å². The lowest BCUT2D eigenvalue weighted by atomic mass is 10.2. The fraction of sp³-hybridized carbons (Fsp3) is 0.222. The molecule has 0 radical (unpaired) electrons. The highest BCUT2D eigenvalue weighted by molar-refractivity contribution is 7.89. The number of anilines is 1. The van der Waals surface area contributed by atoms with Gasteiger partial charge >= 0.3 is 0 Å². The van der Waals surface area contributed by atoms with E-state index in [1.807, 2.05) is 43.3 Å². The molecule has 0 atom stereocenters. The van der Waals surface area contributed by atoms with Gasteiger partial charge in [-0.2, -0.15) is 0 Å². The molecule has 0 aliphatic rings. The van der Waals surface area contributed by atoms with Crippen molar-refractivity contribution in [1.29, 1.82) is 0 Å². The molecule has 0 bridgehead atoms. The maximum Gasteiger partial charge on any atom is 0.240 e. The van der Waals surface area contributed by atoms with E-state index in [0.717, 1.165) is 22.0 Å². The zero-order valence-electron chi connectivity index (χ0n) is 14.2. The second-order valence-corrected chi connectivity index (χ2v) is 7.57. The molecule has 0 aliphatic heterocycles. The number of hydrogen-bond acceptors (Lipinski definition) is 5. The molecule has 0 saturated carbocycles. The molecule has 3 rings (SSSR count). The lowest BCUT2D eigenvalue weighted by Gasteiger charge is -2.11. The van der Waals surface area contributed by atoms with Crippen molar-refractivity contribution in [1.82, 2.24) is 14.7 Å². The number of hydrogen-bond donors (Lipinski definition) is 2. The molecule has 7 heteroatoms. The molecular weight excluding hydrogens is 336 g/mol. The van der Waals surface area contributed by atoms with E-state index in [2.05, 4.69) is 20.0 Å². The lowest BCUT2D eigenvalue weighted by molar-refractivity contribution is 0.582. The van der Waals surface area contributed by atoms with E-state index in [0.29, 0.717) is 17.3 Å². The monoisotopic (exact) mass is 356 g/mol. The number of nitrogens with zero attached hydrogens (tertiary/aromatic N) is 2. The van der Waals surface area contributed by atoms with Crippen molar-refractivity contribution in [2.45, 2.75) is 18.7 Å². The van der Waals surface area contributed by atoms with Gasteiger partial charge in [-0.05, 0) is 43.2 Å². The van der Waals surface area contributed by atoms with Gasteiger partial charge in [-0.3, -0.25) is 0 Å². The number of para-hydroxylation sites is 1. The molecule has 0 spiro atoms. The minimum atomic E-state index is -3.53. The van der Waals surface area contributed by atoms with E-state index in [9.17, 15) is 8.42 Å². The number of rotatable bonds is 6. The van der Waals surface area contributed by atoms with Crippen molar-refractivity contribution in [3.05, 3.63) is 59.9 Å². The maximum atomic E-state index is 12.5. The minimum absolute atomic E-state index is 0.258. The second-order valence-electron chi connectivity index (χ2n) is 5.83. The number of aromatic nitrogens is 2. The van der Waals surface area contributed by atoms with Crippen LogP contribution in [0.15, 0.2) is 53.7 Å². The van der Waals surface area contributed by atoms with Crippen molar-refractivity contribution in [3.8, 4) is 0 Å². The van der Waals surface area contributed by atoms with Gasteiger partial charge in [-0.1, -0.05) is 24.3 Å². The van der Waals surface area contributed by atoms with E-state index >= 15 is 0 Å². The molecule has 0 amide bonds. The fourth-order valence-electron chi connectivity index (χ4n) is 2.59. The standard InChI is InChI=1S/C18H20N4O2S/c1-13-7-8-14(2)17(11-13)25(23,24)22-10-9-19-18-15-5-3-4-6-16(15)20-12-21-18/h3-8,11-12,22H,9-10H2,1-2H3,(H,19,20,21). The summed E-state index contributed by atoms with van der Waals surface area (Å²) in [5.74, 6) is 0.691. The first kappa shape index (κ1) is 17.3. The van der Waals surface area contributed by atoms with Crippen LogP contribution < -0.4 is 10.0 Å². The Kier molecular flexibility index (Phi) is 4.96. The Morgan fingerprint density at radius 1 is 1.00 bits per heavy atom. The van der Waals surface area contributed by atoms with Gasteiger partial charge in [-0.25, -0.2) is 23.1 Å². The van der Waals surface area contributed by atoms with Crippen molar-refractivity contribution in [2.75, 3.05) is 18.4 Å². The number of sulfonamides is 1. The molecule has 0 fully saturated rings. The van der Waals surface area contributed by atoms with Crippen LogP contribution in [-0.4, -0.2) is 31.5 Å². The third kappa shape index (κ3) is 3.94. The molecule has 130 valence electrons. The van der Waals surface area contributed by atoms with Crippen LogP contribution >= 0.6 is 0 Å². The summed E-state index contributed by atoms with van der Waals surface area (Å²) in [6, 6.07) is 13.1. The molecule has 3 aromatic rings. The number of benzene rings is 2. The third-order valence-corrected chi connectivity index (χ3v) is 5.49. The molecule has 0 aliphatic carbocycles. The summed E-state index contributed by atoms with van der Waals surface area (Å²) in [6.07, 6.45) is 1.49. The smallest absolute Gasteiger partial charge is 0.240 e. The first-order valence-electron chi connectivity index (χ1n) is 7.98. The van der Waals surface area contributed by atoms with Crippen LogP contribution in [0.3, 0.4) is 0 Å². The minimum Gasteiger partial charge on any atom is -0.368 e. The van der Waals surface area contributed by atoms with E-state index in [1.165, 1.54) is 6.33 Å². The highest BCUT2D eigenvalue weighted by Crippen LogP contribution is 2.18. The van der Waals surface area contributed by atoms with Gasteiger partial charge < -0.3 is 5.32 Å². The normalized spacial score (nSPS) is 11.6. The summed E-state index contributed by atoms with van der Waals surface area (Å²) in [6.45, 7) is 4.35. The fourth-order valence-corrected chi connectivity index (χ4v) is 3.95. The Hall–Kier alpha value is -2.51. The largest absolute Gasteiger partial charge is 0.368 e. The van der Waals surface area contributed by atoms with Crippen LogP contribution in [0.4, 0.5) is 5.82 Å². The zero-order valence-corrected chi connectivity index (χ0v) is 15.0. The van der Waals surface area contributed by atoms with Gasteiger partial charge in [0, 0.05) is 18.5 Å². The summed E-state index contributed by atoms with van der Waals surface area (Å²) in [7, 11) is -3.53. The maximum absolute atomic E-state index is 12.5. The van der Waals surface area contributed by atoms with Crippen molar-refractivity contribution in [3.63, 3.8) is 0 Å². The zero-order chi connectivity index (χ0) is 17.9. The van der Waals surface area contributed by atoms with Gasteiger partial charge in [0.1, 0.15) is 12.1 Å². The van der Waals surface area contributed by atoms with Gasteiger partial charge in [0.25, 0.3) is 0 Å². The Bertz CT molecular complexity index is 998. The van der Waals surface area contributed by atoms with E-state index < -0.39 is 10.0 Å². The van der Waals surface area contributed by atoms with Crippen molar-refractivity contribution in [2.24, 2.45) is 0 Å². The molecule has 6 nitrogen and oxygen atoms in total. The van der Waals surface area contributed by atoms with E-state index in [1.54, 1.807) is 13.0 Å². The van der Waals surface area contributed by atoms with Crippen molar-refractivity contribution < 1.29 is 8.42 Å². The predicted molar refractivity (Wildman–Crippen MR) is 99.1 cm³/mol. The van der Waals surface area contributed by atoms with Crippen LogP contribution in [0.2, 0.25) is 0 Å². The Balaban J connectivity index is 1.65. The van der Waals surface area contributed by atoms with Gasteiger partial charge in [0.05, 0.1) is 10.4 Å². The Morgan fingerprint density at radius 2 is 1.80 bits per heavy atom. The molecule has 1 aromatic heterocycles. The Labute approximate surface area is 147 Å². The van der Waals surface area contributed by atoms with Crippen LogP contribution in [0.5, 0.6) is 0 Å². The summed E-state index contributed by atoms with van der Waals surface area (Å²) < 4.78 is 27.6. The molecule has 0 unspecified atom stereocenters. The highest BCUT2D eigenvalue weighted by Gasteiger charge is 2.16. The van der Waals surface area contributed by atoms with Crippen molar-refractivity contribution >= 4 is 26.7 Å². The molecule has 1 heterocycles. The second kappa shape index (κ2) is 7.16. The van der Waals surface area contributed by atoms with E-state index in [4.69, 9.17) is 0 Å². The molecule has 0 saturated heterocycles. The first-order chi connectivity index (χ1) is 12.0. The van der Waals surface area contributed by atoms with Crippen LogP contribution in [0.25, 0.3) is 10.9 Å². The van der Waals surface area contributed by atoms with Crippen LogP contribution in [-0.2, 0) is 10.0 Å². The van der Waals surface area contributed by atoms with E-state index in [-0.39, 0.29) is 6.54 Å². The lowest BCUT2D eigenvalue weighted by Crippen LogP contribution is -2.29. The molecule has 2 N–H and O–H groups in total. The van der Waals surface area contributed by atoms with Crippen LogP contribution in [0.1, 0.15) is 11.1 Å². The first-order valence-corrected chi connectivity index (χ1v) is 9.46. The number of nitrogens with one attached hydrogen (secondary N) is 2. The topological polar surface area (TPSA) is 84.0 Å². The average Bonchev–Trinajstić information content (AvgIpc) is 2.61. The summed E-state index contributed by atoms with van der Waals surface area (Å²) in [5.41, 5.74) is 2.49.